The minimum absolute atomic E-state index is 0.575. The van der Waals surface area contributed by atoms with Crippen LogP contribution in [0, 0.1) is 0 Å². The average Bonchev–Trinajstić information content (AvgIpc) is 2.57. The van der Waals surface area contributed by atoms with Crippen molar-refractivity contribution in [3.63, 3.8) is 0 Å². The third kappa shape index (κ3) is 2.92. The van der Waals surface area contributed by atoms with Gasteiger partial charge in [0.15, 0.2) is 0 Å². The lowest BCUT2D eigenvalue weighted by molar-refractivity contribution is 0.562. The molecule has 16 heavy (non-hydrogen) atoms. The van der Waals surface area contributed by atoms with Gasteiger partial charge in [-0.3, -0.25) is 0 Å². The van der Waals surface area contributed by atoms with E-state index in [1.165, 1.54) is 19.3 Å². The molecular weight excluding hydrogens is 268 g/mol. The summed E-state index contributed by atoms with van der Waals surface area (Å²) in [6, 6.07) is 0.575. The summed E-state index contributed by atoms with van der Waals surface area (Å²) in [5.41, 5.74) is 0. The Morgan fingerprint density at radius 3 is 2.94 bits per heavy atom. The summed E-state index contributed by atoms with van der Waals surface area (Å²) >= 11 is 3.30. The van der Waals surface area contributed by atoms with Gasteiger partial charge in [0, 0.05) is 13.1 Å². The summed E-state index contributed by atoms with van der Waals surface area (Å²) in [6.45, 7) is 2.23. The molecule has 88 valence electrons. The number of aromatic nitrogens is 2. The van der Waals surface area contributed by atoms with Crippen LogP contribution in [0.5, 0.6) is 0 Å². The Balaban J connectivity index is 2.04. The Labute approximate surface area is 105 Å². The van der Waals surface area contributed by atoms with Crippen LogP contribution in [0.25, 0.3) is 0 Å². The molecule has 0 bridgehead atoms. The summed E-state index contributed by atoms with van der Waals surface area (Å²) in [5, 5.41) is 3.42. The van der Waals surface area contributed by atoms with Crippen LogP contribution in [0.1, 0.15) is 19.3 Å². The number of halogens is 1. The van der Waals surface area contributed by atoms with Crippen LogP contribution < -0.4 is 10.2 Å². The van der Waals surface area contributed by atoms with E-state index in [-0.39, 0.29) is 0 Å². The van der Waals surface area contributed by atoms with E-state index in [4.69, 9.17) is 0 Å². The second-order valence-corrected chi connectivity index (χ2v) is 4.96. The molecule has 0 saturated carbocycles. The predicted molar refractivity (Wildman–Crippen MR) is 68.6 cm³/mol. The molecule has 1 fully saturated rings. The first-order valence-corrected chi connectivity index (χ1v) is 6.48. The topological polar surface area (TPSA) is 41.1 Å². The second-order valence-electron chi connectivity index (χ2n) is 4.14. The normalized spacial score (nSPS) is 21.5. The highest BCUT2D eigenvalue weighted by Crippen LogP contribution is 2.18. The molecule has 5 heteroatoms. The molecule has 1 aliphatic heterocycles. The molecular formula is C11H17BrN4. The van der Waals surface area contributed by atoms with Crippen molar-refractivity contribution < 1.29 is 0 Å². The van der Waals surface area contributed by atoms with E-state index in [0.29, 0.717) is 6.04 Å². The highest BCUT2D eigenvalue weighted by Gasteiger charge is 2.17. The SMILES string of the molecule is CN(c1cnc(Br)cn1)C1CCCNCC1. The zero-order valence-electron chi connectivity index (χ0n) is 9.49. The van der Waals surface area contributed by atoms with E-state index in [2.05, 4.69) is 43.2 Å². The van der Waals surface area contributed by atoms with Crippen LogP contribution in [0.4, 0.5) is 5.82 Å². The molecule has 1 atom stereocenters. The Morgan fingerprint density at radius 1 is 1.31 bits per heavy atom. The summed E-state index contributed by atoms with van der Waals surface area (Å²) in [6.07, 6.45) is 7.21. The van der Waals surface area contributed by atoms with E-state index in [9.17, 15) is 0 Å². The van der Waals surface area contributed by atoms with Crippen molar-refractivity contribution in [1.82, 2.24) is 15.3 Å². The molecule has 0 radical (unpaired) electrons. The number of hydrogen-bond acceptors (Lipinski definition) is 4. The summed E-state index contributed by atoms with van der Waals surface area (Å²) in [4.78, 5) is 10.8. The van der Waals surface area contributed by atoms with Crippen molar-refractivity contribution in [3.05, 3.63) is 17.0 Å². The van der Waals surface area contributed by atoms with E-state index >= 15 is 0 Å². The van der Waals surface area contributed by atoms with Crippen molar-refractivity contribution >= 4 is 21.7 Å². The molecule has 0 aromatic carbocycles. The first kappa shape index (κ1) is 11.8. The number of anilines is 1. The van der Waals surface area contributed by atoms with Gasteiger partial charge < -0.3 is 10.2 Å². The van der Waals surface area contributed by atoms with Crippen molar-refractivity contribution in [3.8, 4) is 0 Å². The van der Waals surface area contributed by atoms with Gasteiger partial charge in [0.2, 0.25) is 0 Å². The molecule has 1 N–H and O–H groups in total. The van der Waals surface area contributed by atoms with Crippen LogP contribution >= 0.6 is 15.9 Å². The first-order valence-electron chi connectivity index (χ1n) is 5.68. The maximum Gasteiger partial charge on any atom is 0.147 e. The fourth-order valence-electron chi connectivity index (χ4n) is 2.06. The van der Waals surface area contributed by atoms with Crippen molar-refractivity contribution in [2.24, 2.45) is 0 Å². The summed E-state index contributed by atoms with van der Waals surface area (Å²) < 4.78 is 0.784. The quantitative estimate of drug-likeness (QED) is 0.900. The standard InChI is InChI=1S/C11H17BrN4/c1-16(9-3-2-5-13-6-4-9)11-8-14-10(12)7-15-11/h7-9,13H,2-6H2,1H3. The van der Waals surface area contributed by atoms with Crippen molar-refractivity contribution in [1.29, 1.82) is 0 Å². The van der Waals surface area contributed by atoms with Crippen molar-refractivity contribution in [2.45, 2.75) is 25.3 Å². The molecule has 1 aliphatic rings. The second kappa shape index (κ2) is 5.59. The molecule has 1 saturated heterocycles. The highest BCUT2D eigenvalue weighted by molar-refractivity contribution is 9.10. The lowest BCUT2D eigenvalue weighted by atomic mass is 10.1. The number of hydrogen-bond donors (Lipinski definition) is 1. The lowest BCUT2D eigenvalue weighted by Crippen LogP contribution is -2.33. The molecule has 0 amide bonds. The number of nitrogens with one attached hydrogen (secondary N) is 1. The zero-order valence-corrected chi connectivity index (χ0v) is 11.1. The van der Waals surface area contributed by atoms with Gasteiger partial charge in [-0.2, -0.15) is 0 Å². The van der Waals surface area contributed by atoms with Crippen LogP contribution in [0.3, 0.4) is 0 Å². The largest absolute Gasteiger partial charge is 0.355 e. The van der Waals surface area contributed by atoms with Gasteiger partial charge in [0.25, 0.3) is 0 Å². The minimum Gasteiger partial charge on any atom is -0.355 e. The zero-order chi connectivity index (χ0) is 11.4. The maximum absolute atomic E-state index is 4.38. The Kier molecular flexibility index (Phi) is 4.12. The molecule has 2 rings (SSSR count). The minimum atomic E-state index is 0.575. The van der Waals surface area contributed by atoms with Crippen LogP contribution in [0.2, 0.25) is 0 Å². The van der Waals surface area contributed by atoms with Gasteiger partial charge in [-0.1, -0.05) is 0 Å². The van der Waals surface area contributed by atoms with Gasteiger partial charge in [0.05, 0.1) is 12.4 Å². The van der Waals surface area contributed by atoms with Crippen LogP contribution in [0.15, 0.2) is 17.0 Å². The Morgan fingerprint density at radius 2 is 2.19 bits per heavy atom. The fraction of sp³-hybridized carbons (Fsp3) is 0.636. The number of rotatable bonds is 2. The fourth-order valence-corrected chi connectivity index (χ4v) is 2.27. The molecule has 1 aromatic heterocycles. The molecule has 0 aliphatic carbocycles. The van der Waals surface area contributed by atoms with Crippen LogP contribution in [-0.4, -0.2) is 36.1 Å². The van der Waals surface area contributed by atoms with E-state index in [1.807, 2.05) is 6.20 Å². The maximum atomic E-state index is 4.38. The number of nitrogens with zero attached hydrogens (tertiary/aromatic N) is 3. The lowest BCUT2D eigenvalue weighted by Gasteiger charge is -2.27. The summed E-state index contributed by atoms with van der Waals surface area (Å²) in [5.74, 6) is 0.954. The molecule has 1 unspecified atom stereocenters. The van der Waals surface area contributed by atoms with E-state index in [0.717, 1.165) is 23.5 Å². The molecule has 2 heterocycles. The average molecular weight is 285 g/mol. The highest BCUT2D eigenvalue weighted by atomic mass is 79.9. The molecule has 4 nitrogen and oxygen atoms in total. The molecule has 0 spiro atoms. The van der Waals surface area contributed by atoms with Gasteiger partial charge in [-0.25, -0.2) is 9.97 Å². The van der Waals surface area contributed by atoms with Crippen molar-refractivity contribution in [2.75, 3.05) is 25.0 Å². The monoisotopic (exact) mass is 284 g/mol. The third-order valence-electron chi connectivity index (χ3n) is 3.06. The van der Waals surface area contributed by atoms with E-state index < -0.39 is 0 Å². The van der Waals surface area contributed by atoms with Gasteiger partial charge in [0.1, 0.15) is 10.4 Å². The van der Waals surface area contributed by atoms with Gasteiger partial charge >= 0.3 is 0 Å². The van der Waals surface area contributed by atoms with Crippen LogP contribution in [-0.2, 0) is 0 Å². The third-order valence-corrected chi connectivity index (χ3v) is 3.47. The Bertz CT molecular complexity index is 319. The molecule has 1 aromatic rings. The van der Waals surface area contributed by atoms with E-state index in [1.54, 1.807) is 6.20 Å². The predicted octanol–water partition coefficient (Wildman–Crippen LogP) is 1.82. The smallest absolute Gasteiger partial charge is 0.147 e. The van der Waals surface area contributed by atoms with Gasteiger partial charge in [-0.05, 0) is 48.3 Å². The summed E-state index contributed by atoms with van der Waals surface area (Å²) in [7, 11) is 2.11. The Hall–Kier alpha value is -0.680. The first-order chi connectivity index (χ1) is 7.77. The van der Waals surface area contributed by atoms with Gasteiger partial charge in [-0.15, -0.1) is 0 Å².